The SMILES string of the molecule is CCOC(=O)c1oc(-c2csc3ccccc23)nc1CC. The number of nitrogens with zero attached hydrogens (tertiary/aromatic N) is 1. The molecule has 0 aliphatic carbocycles. The molecule has 0 saturated carbocycles. The number of aryl methyl sites for hydroxylation is 1. The lowest BCUT2D eigenvalue weighted by Crippen LogP contribution is -2.05. The molecule has 108 valence electrons. The van der Waals surface area contributed by atoms with Crippen molar-refractivity contribution in [3.8, 4) is 11.5 Å². The number of carbonyl (C=O) groups is 1. The van der Waals surface area contributed by atoms with Gasteiger partial charge in [-0.3, -0.25) is 0 Å². The zero-order valence-electron chi connectivity index (χ0n) is 11.9. The van der Waals surface area contributed by atoms with Crippen molar-refractivity contribution in [2.75, 3.05) is 6.61 Å². The molecule has 0 aliphatic rings. The highest BCUT2D eigenvalue weighted by atomic mass is 32.1. The molecule has 3 aromatic rings. The molecule has 0 fully saturated rings. The summed E-state index contributed by atoms with van der Waals surface area (Å²) in [6.07, 6.45) is 0.625. The topological polar surface area (TPSA) is 52.3 Å². The fraction of sp³-hybridized carbons (Fsp3) is 0.250. The van der Waals surface area contributed by atoms with Crippen LogP contribution >= 0.6 is 11.3 Å². The molecule has 2 heterocycles. The van der Waals surface area contributed by atoms with Crippen LogP contribution in [0.2, 0.25) is 0 Å². The lowest BCUT2D eigenvalue weighted by molar-refractivity contribution is 0.0489. The highest BCUT2D eigenvalue weighted by Crippen LogP contribution is 2.34. The van der Waals surface area contributed by atoms with Crippen molar-refractivity contribution >= 4 is 27.4 Å². The van der Waals surface area contributed by atoms with E-state index in [-0.39, 0.29) is 5.76 Å². The van der Waals surface area contributed by atoms with Crippen molar-refractivity contribution in [1.29, 1.82) is 0 Å². The zero-order valence-corrected chi connectivity index (χ0v) is 12.7. The van der Waals surface area contributed by atoms with Gasteiger partial charge in [-0.15, -0.1) is 11.3 Å². The van der Waals surface area contributed by atoms with Crippen molar-refractivity contribution < 1.29 is 13.9 Å². The summed E-state index contributed by atoms with van der Waals surface area (Å²) in [6.45, 7) is 4.03. The molecule has 0 atom stereocenters. The van der Waals surface area contributed by atoms with E-state index in [2.05, 4.69) is 11.1 Å². The van der Waals surface area contributed by atoms with Crippen LogP contribution in [0.25, 0.3) is 21.5 Å². The molecule has 1 aromatic carbocycles. The van der Waals surface area contributed by atoms with E-state index in [9.17, 15) is 4.79 Å². The van der Waals surface area contributed by atoms with Gasteiger partial charge in [0.1, 0.15) is 0 Å². The van der Waals surface area contributed by atoms with Crippen LogP contribution in [0.5, 0.6) is 0 Å². The molecule has 0 saturated heterocycles. The smallest absolute Gasteiger partial charge is 0.376 e. The number of rotatable bonds is 4. The summed E-state index contributed by atoms with van der Waals surface area (Å²) in [6, 6.07) is 8.06. The summed E-state index contributed by atoms with van der Waals surface area (Å²) in [5, 5.41) is 3.09. The van der Waals surface area contributed by atoms with E-state index in [1.54, 1.807) is 18.3 Å². The molecule has 0 amide bonds. The fourth-order valence-electron chi connectivity index (χ4n) is 2.21. The molecule has 0 bridgehead atoms. The first-order chi connectivity index (χ1) is 10.2. The first kappa shape index (κ1) is 13.8. The third kappa shape index (κ3) is 2.45. The van der Waals surface area contributed by atoms with Crippen LogP contribution in [0.4, 0.5) is 0 Å². The molecular weight excluding hydrogens is 286 g/mol. The third-order valence-electron chi connectivity index (χ3n) is 3.20. The van der Waals surface area contributed by atoms with Crippen molar-refractivity contribution in [2.24, 2.45) is 0 Å². The lowest BCUT2D eigenvalue weighted by atomic mass is 10.2. The summed E-state index contributed by atoms with van der Waals surface area (Å²) >= 11 is 1.63. The lowest BCUT2D eigenvalue weighted by Gasteiger charge is -1.98. The van der Waals surface area contributed by atoms with E-state index in [1.807, 2.05) is 30.5 Å². The maximum absolute atomic E-state index is 11.9. The zero-order chi connectivity index (χ0) is 14.8. The first-order valence-electron chi connectivity index (χ1n) is 6.88. The van der Waals surface area contributed by atoms with Gasteiger partial charge in [0, 0.05) is 15.5 Å². The van der Waals surface area contributed by atoms with Gasteiger partial charge in [0.2, 0.25) is 11.7 Å². The maximum Gasteiger partial charge on any atom is 0.376 e. The number of esters is 1. The van der Waals surface area contributed by atoms with Crippen LogP contribution in [0.15, 0.2) is 34.1 Å². The standard InChI is InChI=1S/C16H15NO3S/c1-3-12-14(16(18)19-4-2)20-15(17-12)11-9-21-13-8-6-5-7-10(11)13/h5-9H,3-4H2,1-2H3. The van der Waals surface area contributed by atoms with Crippen LogP contribution in [0.1, 0.15) is 30.1 Å². The van der Waals surface area contributed by atoms with Crippen LogP contribution < -0.4 is 0 Å². The van der Waals surface area contributed by atoms with Crippen molar-refractivity contribution in [1.82, 2.24) is 4.98 Å². The highest BCUT2D eigenvalue weighted by Gasteiger charge is 2.22. The van der Waals surface area contributed by atoms with E-state index in [1.165, 1.54) is 4.70 Å². The Morgan fingerprint density at radius 3 is 2.90 bits per heavy atom. The predicted molar refractivity (Wildman–Crippen MR) is 82.7 cm³/mol. The van der Waals surface area contributed by atoms with Gasteiger partial charge in [-0.05, 0) is 19.4 Å². The number of benzene rings is 1. The van der Waals surface area contributed by atoms with E-state index < -0.39 is 5.97 Å². The first-order valence-corrected chi connectivity index (χ1v) is 7.76. The number of aromatic nitrogens is 1. The van der Waals surface area contributed by atoms with Gasteiger partial charge >= 0.3 is 5.97 Å². The molecule has 0 N–H and O–H groups in total. The minimum absolute atomic E-state index is 0.213. The van der Waals surface area contributed by atoms with Crippen LogP contribution in [0, 0.1) is 0 Å². The number of fused-ring (bicyclic) bond motifs is 1. The second kappa shape index (κ2) is 5.69. The number of ether oxygens (including phenoxy) is 1. The number of oxazole rings is 1. The molecule has 4 nitrogen and oxygen atoms in total. The largest absolute Gasteiger partial charge is 0.460 e. The minimum Gasteiger partial charge on any atom is -0.460 e. The molecule has 21 heavy (non-hydrogen) atoms. The number of carbonyl (C=O) groups excluding carboxylic acids is 1. The molecular formula is C16H15NO3S. The summed E-state index contributed by atoms with van der Waals surface area (Å²) in [7, 11) is 0. The van der Waals surface area contributed by atoms with Crippen molar-refractivity contribution in [2.45, 2.75) is 20.3 Å². The Morgan fingerprint density at radius 2 is 2.14 bits per heavy atom. The molecule has 2 aromatic heterocycles. The Bertz CT molecular complexity index is 788. The van der Waals surface area contributed by atoms with Crippen molar-refractivity contribution in [3.63, 3.8) is 0 Å². The van der Waals surface area contributed by atoms with Gasteiger partial charge in [-0.2, -0.15) is 0 Å². The molecule has 0 radical (unpaired) electrons. The van der Waals surface area contributed by atoms with Crippen LogP contribution in [-0.4, -0.2) is 17.6 Å². The van der Waals surface area contributed by atoms with Gasteiger partial charge < -0.3 is 9.15 Å². The van der Waals surface area contributed by atoms with Crippen LogP contribution in [0.3, 0.4) is 0 Å². The average molecular weight is 301 g/mol. The maximum atomic E-state index is 11.9. The van der Waals surface area contributed by atoms with Gasteiger partial charge in [0.15, 0.2) is 0 Å². The van der Waals surface area contributed by atoms with Gasteiger partial charge in [-0.1, -0.05) is 25.1 Å². The Labute approximate surface area is 126 Å². The highest BCUT2D eigenvalue weighted by molar-refractivity contribution is 7.17. The summed E-state index contributed by atoms with van der Waals surface area (Å²) in [4.78, 5) is 16.4. The predicted octanol–water partition coefficient (Wildman–Crippen LogP) is 4.30. The number of thiophene rings is 1. The van der Waals surface area contributed by atoms with Gasteiger partial charge in [0.25, 0.3) is 0 Å². The van der Waals surface area contributed by atoms with E-state index in [0.29, 0.717) is 24.6 Å². The van der Waals surface area contributed by atoms with Crippen LogP contribution in [-0.2, 0) is 11.2 Å². The Morgan fingerprint density at radius 1 is 1.33 bits per heavy atom. The normalized spacial score (nSPS) is 11.0. The second-order valence-electron chi connectivity index (χ2n) is 4.51. The van der Waals surface area contributed by atoms with E-state index in [0.717, 1.165) is 10.9 Å². The monoisotopic (exact) mass is 301 g/mol. The Kier molecular flexibility index (Phi) is 3.75. The number of hydrogen-bond acceptors (Lipinski definition) is 5. The second-order valence-corrected chi connectivity index (χ2v) is 5.43. The Hall–Kier alpha value is -2.14. The summed E-state index contributed by atoms with van der Waals surface area (Å²) in [5.74, 6) is 0.240. The fourth-order valence-corrected chi connectivity index (χ4v) is 3.14. The summed E-state index contributed by atoms with van der Waals surface area (Å²) in [5.41, 5.74) is 1.56. The average Bonchev–Trinajstić information content (AvgIpc) is 3.11. The molecule has 3 rings (SSSR count). The molecule has 0 unspecified atom stereocenters. The van der Waals surface area contributed by atoms with Gasteiger partial charge in [-0.25, -0.2) is 9.78 Å². The quantitative estimate of drug-likeness (QED) is 0.674. The van der Waals surface area contributed by atoms with E-state index >= 15 is 0 Å². The summed E-state index contributed by atoms with van der Waals surface area (Å²) < 4.78 is 11.9. The molecule has 5 heteroatoms. The number of hydrogen-bond donors (Lipinski definition) is 0. The third-order valence-corrected chi connectivity index (χ3v) is 4.17. The Balaban J connectivity index is 2.09. The minimum atomic E-state index is -0.451. The molecule has 0 spiro atoms. The molecule has 0 aliphatic heterocycles. The van der Waals surface area contributed by atoms with Crippen molar-refractivity contribution in [3.05, 3.63) is 41.1 Å². The van der Waals surface area contributed by atoms with Gasteiger partial charge in [0.05, 0.1) is 17.9 Å². The van der Waals surface area contributed by atoms with E-state index in [4.69, 9.17) is 9.15 Å².